The summed E-state index contributed by atoms with van der Waals surface area (Å²) in [4.78, 5) is 10.9. The van der Waals surface area contributed by atoms with Crippen LogP contribution in [0, 0.1) is 17.8 Å². The molecule has 1 aliphatic carbocycles. The molecule has 0 saturated heterocycles. The van der Waals surface area contributed by atoms with Crippen LogP contribution < -0.4 is 0 Å². The average molecular weight is 238 g/mol. The molecular formula is C15H26O2. The van der Waals surface area contributed by atoms with Crippen molar-refractivity contribution in [2.45, 2.75) is 59.0 Å². The summed E-state index contributed by atoms with van der Waals surface area (Å²) in [6.45, 7) is 6.25. The second kappa shape index (κ2) is 6.95. The molecule has 2 heteroatoms. The van der Waals surface area contributed by atoms with Gasteiger partial charge in [-0.1, -0.05) is 25.5 Å². The summed E-state index contributed by atoms with van der Waals surface area (Å²) < 4.78 is 0. The molecule has 2 nitrogen and oxygen atoms in total. The summed E-state index contributed by atoms with van der Waals surface area (Å²) in [7, 11) is 0. The van der Waals surface area contributed by atoms with Crippen LogP contribution in [-0.4, -0.2) is 17.5 Å². The predicted molar refractivity (Wildman–Crippen MR) is 70.7 cm³/mol. The number of aliphatic hydroxyl groups excluding tert-OH is 1. The molecule has 17 heavy (non-hydrogen) atoms. The van der Waals surface area contributed by atoms with E-state index in [4.69, 9.17) is 0 Å². The minimum Gasteiger partial charge on any atom is -0.393 e. The fourth-order valence-electron chi connectivity index (χ4n) is 2.55. The molecule has 98 valence electrons. The minimum atomic E-state index is -0.255. The predicted octanol–water partition coefficient (Wildman–Crippen LogP) is 3.35. The molecule has 0 heterocycles. The number of aliphatic hydroxyl groups is 1. The van der Waals surface area contributed by atoms with Gasteiger partial charge in [-0.15, -0.1) is 0 Å². The van der Waals surface area contributed by atoms with E-state index in [-0.39, 0.29) is 12.0 Å². The number of carbonyl (C=O) groups is 1. The van der Waals surface area contributed by atoms with Crippen LogP contribution in [0.4, 0.5) is 0 Å². The third kappa shape index (κ3) is 4.63. The van der Waals surface area contributed by atoms with E-state index in [9.17, 15) is 9.90 Å². The molecule has 0 aromatic heterocycles. The molecule has 1 aliphatic rings. The normalized spacial score (nSPS) is 33.6. The summed E-state index contributed by atoms with van der Waals surface area (Å²) in [6.07, 6.45) is 8.03. The first-order chi connectivity index (χ1) is 8.04. The molecule has 0 bridgehead atoms. The lowest BCUT2D eigenvalue weighted by molar-refractivity contribution is -0.112. The Labute approximate surface area is 105 Å². The van der Waals surface area contributed by atoms with E-state index in [1.165, 1.54) is 5.57 Å². The Morgan fingerprint density at radius 2 is 2.18 bits per heavy atom. The van der Waals surface area contributed by atoms with Crippen LogP contribution in [0.1, 0.15) is 52.9 Å². The molecule has 0 aliphatic heterocycles. The summed E-state index contributed by atoms with van der Waals surface area (Å²) in [5, 5.41) is 10.1. The molecule has 0 spiro atoms. The van der Waals surface area contributed by atoms with E-state index in [1.807, 2.05) is 6.92 Å². The van der Waals surface area contributed by atoms with Gasteiger partial charge in [0.1, 0.15) is 6.29 Å². The van der Waals surface area contributed by atoms with Crippen molar-refractivity contribution in [3.8, 4) is 0 Å². The van der Waals surface area contributed by atoms with E-state index in [1.54, 1.807) is 0 Å². The highest BCUT2D eigenvalue weighted by atomic mass is 16.3. The number of rotatable bonds is 2. The van der Waals surface area contributed by atoms with Gasteiger partial charge in [-0.25, -0.2) is 0 Å². The summed E-state index contributed by atoms with van der Waals surface area (Å²) >= 11 is 0. The van der Waals surface area contributed by atoms with Gasteiger partial charge in [-0.2, -0.15) is 0 Å². The van der Waals surface area contributed by atoms with Crippen molar-refractivity contribution in [3.05, 3.63) is 11.6 Å². The van der Waals surface area contributed by atoms with Gasteiger partial charge in [-0.05, 0) is 50.9 Å². The Morgan fingerprint density at radius 3 is 2.82 bits per heavy atom. The van der Waals surface area contributed by atoms with Crippen molar-refractivity contribution in [2.24, 2.45) is 17.8 Å². The van der Waals surface area contributed by atoms with Gasteiger partial charge in [0.25, 0.3) is 0 Å². The van der Waals surface area contributed by atoms with Crippen molar-refractivity contribution in [2.75, 3.05) is 0 Å². The second-order valence-corrected chi connectivity index (χ2v) is 5.70. The molecule has 0 aromatic rings. The first-order valence-corrected chi connectivity index (χ1v) is 6.83. The van der Waals surface area contributed by atoms with Gasteiger partial charge in [0.05, 0.1) is 6.10 Å². The summed E-state index contributed by atoms with van der Waals surface area (Å²) in [5.41, 5.74) is 1.43. The quantitative estimate of drug-likeness (QED) is 0.592. The first kappa shape index (κ1) is 14.4. The zero-order valence-corrected chi connectivity index (χ0v) is 11.4. The molecule has 4 atom stereocenters. The van der Waals surface area contributed by atoms with Gasteiger partial charge in [0.2, 0.25) is 0 Å². The number of hydrogen-bond acceptors (Lipinski definition) is 2. The second-order valence-electron chi connectivity index (χ2n) is 5.70. The molecular weight excluding hydrogens is 212 g/mol. The lowest BCUT2D eigenvalue weighted by atomic mass is 9.80. The lowest BCUT2D eigenvalue weighted by Gasteiger charge is -2.27. The maximum Gasteiger partial charge on any atom is 0.123 e. The Bertz CT molecular complexity index is 270. The summed E-state index contributed by atoms with van der Waals surface area (Å²) in [6, 6.07) is 0. The monoisotopic (exact) mass is 238 g/mol. The highest BCUT2D eigenvalue weighted by molar-refractivity contribution is 5.53. The maximum atomic E-state index is 10.9. The van der Waals surface area contributed by atoms with Crippen LogP contribution in [0.15, 0.2) is 11.6 Å². The highest BCUT2D eigenvalue weighted by Gasteiger charge is 2.24. The van der Waals surface area contributed by atoms with Crippen LogP contribution in [0.3, 0.4) is 0 Å². The van der Waals surface area contributed by atoms with E-state index >= 15 is 0 Å². The van der Waals surface area contributed by atoms with Crippen LogP contribution in [0.25, 0.3) is 0 Å². The third-order valence-corrected chi connectivity index (χ3v) is 4.18. The molecule has 3 unspecified atom stereocenters. The molecule has 0 amide bonds. The summed E-state index contributed by atoms with van der Waals surface area (Å²) in [5.74, 6) is 0.717. The molecule has 0 saturated carbocycles. The van der Waals surface area contributed by atoms with Crippen LogP contribution >= 0.6 is 0 Å². The Hall–Kier alpha value is -0.630. The molecule has 0 radical (unpaired) electrons. The first-order valence-electron chi connectivity index (χ1n) is 6.83. The largest absolute Gasteiger partial charge is 0.393 e. The van der Waals surface area contributed by atoms with Gasteiger partial charge in [-0.3, -0.25) is 0 Å². The SMILES string of the molecule is CC1=CCCC(C)C(O)CC([C@H](C)C=O)CC1. The van der Waals surface area contributed by atoms with Crippen LogP contribution in [0.2, 0.25) is 0 Å². The smallest absolute Gasteiger partial charge is 0.123 e. The van der Waals surface area contributed by atoms with Crippen molar-refractivity contribution < 1.29 is 9.90 Å². The third-order valence-electron chi connectivity index (χ3n) is 4.18. The molecule has 1 N–H and O–H groups in total. The van der Waals surface area contributed by atoms with Gasteiger partial charge in [0.15, 0.2) is 0 Å². The minimum absolute atomic E-state index is 0.0593. The van der Waals surface area contributed by atoms with Gasteiger partial charge in [0, 0.05) is 5.92 Å². The molecule has 0 aromatic carbocycles. The van der Waals surface area contributed by atoms with Crippen molar-refractivity contribution in [3.63, 3.8) is 0 Å². The van der Waals surface area contributed by atoms with E-state index in [0.717, 1.165) is 38.4 Å². The Kier molecular flexibility index (Phi) is 5.90. The fourth-order valence-corrected chi connectivity index (χ4v) is 2.55. The maximum absolute atomic E-state index is 10.9. The highest BCUT2D eigenvalue weighted by Crippen LogP contribution is 2.28. The number of aldehydes is 1. The van der Waals surface area contributed by atoms with E-state index in [2.05, 4.69) is 19.9 Å². The van der Waals surface area contributed by atoms with Crippen LogP contribution in [-0.2, 0) is 4.79 Å². The van der Waals surface area contributed by atoms with Gasteiger partial charge >= 0.3 is 0 Å². The average Bonchev–Trinajstić information content (AvgIpc) is 2.32. The fraction of sp³-hybridized carbons (Fsp3) is 0.800. The lowest BCUT2D eigenvalue weighted by Crippen LogP contribution is -2.25. The number of allylic oxidation sites excluding steroid dienone is 2. The molecule has 1 rings (SSSR count). The van der Waals surface area contributed by atoms with Crippen molar-refractivity contribution >= 4 is 6.29 Å². The molecule has 0 fully saturated rings. The van der Waals surface area contributed by atoms with Crippen molar-refractivity contribution in [1.29, 1.82) is 0 Å². The van der Waals surface area contributed by atoms with E-state index < -0.39 is 0 Å². The van der Waals surface area contributed by atoms with Crippen molar-refractivity contribution in [1.82, 2.24) is 0 Å². The zero-order valence-electron chi connectivity index (χ0n) is 11.4. The zero-order chi connectivity index (χ0) is 12.8. The Morgan fingerprint density at radius 1 is 1.47 bits per heavy atom. The topological polar surface area (TPSA) is 37.3 Å². The van der Waals surface area contributed by atoms with Gasteiger partial charge < -0.3 is 9.90 Å². The van der Waals surface area contributed by atoms with Crippen LogP contribution in [0.5, 0.6) is 0 Å². The standard InChI is InChI=1S/C15H26O2/c1-11-5-4-6-12(2)15(17)9-14(8-7-11)13(3)10-16/h5,10,12-15,17H,4,6-9H2,1-3H3/t12?,13-,14?,15?/m1/s1. The Balaban J connectivity index is 2.73. The number of carbonyl (C=O) groups excluding carboxylic acids is 1. The number of hydrogen-bond donors (Lipinski definition) is 1. The van der Waals surface area contributed by atoms with E-state index in [0.29, 0.717) is 11.8 Å².